The fraction of sp³-hybridized carbons (Fsp3) is 0.0909. The minimum absolute atomic E-state index is 0.0146. The van der Waals surface area contributed by atoms with E-state index in [0.717, 1.165) is 16.0 Å². The molecule has 0 aliphatic carbocycles. The SMILES string of the molecule is O=C1COc2ccc(CNC(=O)c3nc4sc(-c5ccccc5)cc4c(=O)[nH]3)cc2N1. The van der Waals surface area contributed by atoms with Crippen LogP contribution in [0.25, 0.3) is 20.7 Å². The van der Waals surface area contributed by atoms with Crippen molar-refractivity contribution < 1.29 is 14.3 Å². The maximum absolute atomic E-state index is 12.6. The Labute approximate surface area is 179 Å². The number of hydrogen-bond donors (Lipinski definition) is 3. The van der Waals surface area contributed by atoms with Crippen molar-refractivity contribution >= 4 is 39.1 Å². The van der Waals surface area contributed by atoms with Gasteiger partial charge in [0.15, 0.2) is 6.61 Å². The minimum Gasteiger partial charge on any atom is -0.482 e. The van der Waals surface area contributed by atoms with Crippen molar-refractivity contribution in [3.8, 4) is 16.2 Å². The molecule has 2 amide bonds. The smallest absolute Gasteiger partial charge is 0.287 e. The summed E-state index contributed by atoms with van der Waals surface area (Å²) in [6, 6.07) is 16.7. The number of aromatic amines is 1. The Morgan fingerprint density at radius 2 is 1.97 bits per heavy atom. The van der Waals surface area contributed by atoms with Crippen LogP contribution in [-0.2, 0) is 11.3 Å². The van der Waals surface area contributed by atoms with Gasteiger partial charge in [0, 0.05) is 11.4 Å². The largest absolute Gasteiger partial charge is 0.482 e. The summed E-state index contributed by atoms with van der Waals surface area (Å²) in [5, 5.41) is 5.92. The summed E-state index contributed by atoms with van der Waals surface area (Å²) in [4.78, 5) is 44.9. The zero-order chi connectivity index (χ0) is 21.4. The molecule has 0 saturated carbocycles. The van der Waals surface area contributed by atoms with E-state index in [9.17, 15) is 14.4 Å². The zero-order valence-electron chi connectivity index (χ0n) is 16.1. The number of benzene rings is 2. The third-order valence-electron chi connectivity index (χ3n) is 4.81. The Morgan fingerprint density at radius 3 is 2.81 bits per heavy atom. The molecule has 31 heavy (non-hydrogen) atoms. The fourth-order valence-corrected chi connectivity index (χ4v) is 4.33. The highest BCUT2D eigenvalue weighted by Crippen LogP contribution is 2.31. The second-order valence-corrected chi connectivity index (χ2v) is 7.99. The number of nitrogens with zero attached hydrogens (tertiary/aromatic N) is 1. The summed E-state index contributed by atoms with van der Waals surface area (Å²) in [5.74, 6) is -0.187. The number of H-pyrrole nitrogens is 1. The molecule has 0 saturated heterocycles. The molecule has 4 aromatic rings. The average molecular weight is 432 g/mol. The Morgan fingerprint density at radius 1 is 1.13 bits per heavy atom. The molecule has 154 valence electrons. The van der Waals surface area contributed by atoms with Gasteiger partial charge in [0.2, 0.25) is 5.82 Å². The van der Waals surface area contributed by atoms with Crippen molar-refractivity contribution in [1.82, 2.24) is 15.3 Å². The van der Waals surface area contributed by atoms with Gasteiger partial charge >= 0.3 is 0 Å². The quantitative estimate of drug-likeness (QED) is 0.459. The molecule has 0 atom stereocenters. The first-order valence-corrected chi connectivity index (χ1v) is 10.3. The number of fused-ring (bicyclic) bond motifs is 2. The highest BCUT2D eigenvalue weighted by atomic mass is 32.1. The molecule has 0 bridgehead atoms. The van der Waals surface area contributed by atoms with Gasteiger partial charge < -0.3 is 20.4 Å². The molecule has 0 spiro atoms. The van der Waals surface area contributed by atoms with E-state index in [1.54, 1.807) is 24.3 Å². The normalized spacial score (nSPS) is 12.7. The Kier molecular flexibility index (Phi) is 4.72. The molecule has 3 N–H and O–H groups in total. The van der Waals surface area contributed by atoms with Crippen LogP contribution in [0.3, 0.4) is 0 Å². The van der Waals surface area contributed by atoms with Gasteiger partial charge in [-0.1, -0.05) is 36.4 Å². The maximum Gasteiger partial charge on any atom is 0.287 e. The molecular weight excluding hydrogens is 416 g/mol. The topological polar surface area (TPSA) is 113 Å². The Balaban J connectivity index is 1.36. The number of carbonyl (C=O) groups is 2. The third kappa shape index (κ3) is 3.78. The molecule has 2 aromatic carbocycles. The second-order valence-electron chi connectivity index (χ2n) is 6.96. The van der Waals surface area contributed by atoms with Gasteiger partial charge in [-0.05, 0) is 29.3 Å². The minimum atomic E-state index is -0.494. The summed E-state index contributed by atoms with van der Waals surface area (Å²) in [5.41, 5.74) is 1.95. The molecular formula is C22H16N4O4S. The molecule has 0 unspecified atom stereocenters. The highest BCUT2D eigenvalue weighted by molar-refractivity contribution is 7.21. The lowest BCUT2D eigenvalue weighted by Gasteiger charge is -2.18. The van der Waals surface area contributed by atoms with Crippen LogP contribution in [0.4, 0.5) is 5.69 Å². The molecule has 1 aliphatic heterocycles. The van der Waals surface area contributed by atoms with Crippen molar-refractivity contribution in [2.24, 2.45) is 0 Å². The fourth-order valence-electron chi connectivity index (χ4n) is 3.29. The Bertz CT molecular complexity index is 1380. The molecule has 1 aliphatic rings. The van der Waals surface area contributed by atoms with E-state index in [4.69, 9.17) is 4.74 Å². The first kappa shape index (κ1) is 19.0. The van der Waals surface area contributed by atoms with E-state index in [2.05, 4.69) is 20.6 Å². The summed E-state index contributed by atoms with van der Waals surface area (Å²) < 4.78 is 5.33. The van der Waals surface area contributed by atoms with Crippen LogP contribution in [0.15, 0.2) is 59.4 Å². The van der Waals surface area contributed by atoms with E-state index in [1.807, 2.05) is 30.3 Å². The zero-order valence-corrected chi connectivity index (χ0v) is 16.9. The van der Waals surface area contributed by atoms with E-state index >= 15 is 0 Å². The van der Waals surface area contributed by atoms with Gasteiger partial charge in [-0.15, -0.1) is 11.3 Å². The van der Waals surface area contributed by atoms with E-state index in [0.29, 0.717) is 21.7 Å². The van der Waals surface area contributed by atoms with Gasteiger partial charge in [0.1, 0.15) is 10.6 Å². The predicted octanol–water partition coefficient (Wildman–Crippen LogP) is 2.91. The van der Waals surface area contributed by atoms with Gasteiger partial charge in [0.25, 0.3) is 17.4 Å². The van der Waals surface area contributed by atoms with Gasteiger partial charge in [-0.25, -0.2) is 4.98 Å². The number of anilines is 1. The molecule has 0 radical (unpaired) electrons. The number of carbonyl (C=O) groups excluding carboxylic acids is 2. The highest BCUT2D eigenvalue weighted by Gasteiger charge is 2.17. The predicted molar refractivity (Wildman–Crippen MR) is 117 cm³/mol. The van der Waals surface area contributed by atoms with Gasteiger partial charge in [0.05, 0.1) is 11.1 Å². The van der Waals surface area contributed by atoms with Crippen LogP contribution in [0.1, 0.15) is 16.2 Å². The van der Waals surface area contributed by atoms with Crippen molar-refractivity contribution in [1.29, 1.82) is 0 Å². The van der Waals surface area contributed by atoms with Crippen LogP contribution in [0.5, 0.6) is 5.75 Å². The van der Waals surface area contributed by atoms with Crippen LogP contribution < -0.4 is 20.9 Å². The molecule has 3 heterocycles. The first-order valence-electron chi connectivity index (χ1n) is 9.50. The van der Waals surface area contributed by atoms with Crippen molar-refractivity contribution in [2.45, 2.75) is 6.54 Å². The van der Waals surface area contributed by atoms with Crippen LogP contribution in [0, 0.1) is 0 Å². The lowest BCUT2D eigenvalue weighted by molar-refractivity contribution is -0.118. The lowest BCUT2D eigenvalue weighted by atomic mass is 10.1. The monoisotopic (exact) mass is 432 g/mol. The van der Waals surface area contributed by atoms with Gasteiger partial charge in [-0.3, -0.25) is 14.4 Å². The number of hydrogen-bond acceptors (Lipinski definition) is 6. The molecule has 9 heteroatoms. The third-order valence-corrected chi connectivity index (χ3v) is 5.88. The van der Waals surface area contributed by atoms with Crippen LogP contribution >= 0.6 is 11.3 Å². The number of rotatable bonds is 4. The summed E-state index contributed by atoms with van der Waals surface area (Å²) in [6.45, 7) is 0.183. The molecule has 0 fully saturated rings. The van der Waals surface area contributed by atoms with Crippen molar-refractivity contribution in [2.75, 3.05) is 11.9 Å². The molecule has 8 nitrogen and oxygen atoms in total. The molecule has 2 aromatic heterocycles. The number of ether oxygens (including phenoxy) is 1. The van der Waals surface area contributed by atoms with E-state index in [1.165, 1.54) is 11.3 Å². The van der Waals surface area contributed by atoms with E-state index < -0.39 is 5.91 Å². The van der Waals surface area contributed by atoms with Crippen LogP contribution in [-0.4, -0.2) is 28.4 Å². The number of nitrogens with one attached hydrogen (secondary N) is 3. The Hall–Kier alpha value is -3.98. The lowest BCUT2D eigenvalue weighted by Crippen LogP contribution is -2.28. The summed E-state index contributed by atoms with van der Waals surface area (Å²) >= 11 is 1.36. The summed E-state index contributed by atoms with van der Waals surface area (Å²) in [6.07, 6.45) is 0. The average Bonchev–Trinajstić information content (AvgIpc) is 3.23. The molecule has 5 rings (SSSR count). The number of aromatic nitrogens is 2. The first-order chi connectivity index (χ1) is 15.1. The maximum atomic E-state index is 12.6. The van der Waals surface area contributed by atoms with Crippen LogP contribution in [0.2, 0.25) is 0 Å². The summed E-state index contributed by atoms with van der Waals surface area (Å²) in [7, 11) is 0. The number of amides is 2. The number of thiophene rings is 1. The van der Waals surface area contributed by atoms with Crippen molar-refractivity contribution in [3.05, 3.63) is 76.3 Å². The second kappa shape index (κ2) is 7.69. The van der Waals surface area contributed by atoms with Crippen molar-refractivity contribution in [3.63, 3.8) is 0 Å². The standard InChI is InChI=1S/C22H16N4O4S/c27-18-11-30-16-7-6-12(8-15(16)24-18)10-23-21(29)19-25-20(28)14-9-17(31-22(14)26-19)13-4-2-1-3-5-13/h1-9H,10-11H2,(H,23,29)(H,24,27)(H,25,26,28). The van der Waals surface area contributed by atoms with Gasteiger partial charge in [-0.2, -0.15) is 0 Å². The van der Waals surface area contributed by atoms with E-state index in [-0.39, 0.29) is 30.4 Å².